The van der Waals surface area contributed by atoms with E-state index in [0.717, 1.165) is 0 Å². The van der Waals surface area contributed by atoms with E-state index in [1.807, 2.05) is 6.08 Å². The second-order valence-corrected chi connectivity index (χ2v) is 12.2. The number of aromatic hydroxyl groups is 1. The molecule has 2 unspecified atom stereocenters. The highest BCUT2D eigenvalue weighted by Crippen LogP contribution is 2.24. The zero-order chi connectivity index (χ0) is 28.4. The molecule has 1 aromatic rings. The second-order valence-electron chi connectivity index (χ2n) is 9.56. The van der Waals surface area contributed by atoms with Gasteiger partial charge in [0.25, 0.3) is 0 Å². The number of hydrogen-bond acceptors (Lipinski definition) is 9. The molecule has 2 aliphatic rings. The Bertz CT molecular complexity index is 1080. The first kappa shape index (κ1) is 30.4. The van der Waals surface area contributed by atoms with Gasteiger partial charge in [-0.15, -0.1) is 0 Å². The van der Waals surface area contributed by atoms with E-state index in [-0.39, 0.29) is 30.3 Å². The molecule has 2 bridgehead atoms. The number of rotatable bonds is 3. The summed E-state index contributed by atoms with van der Waals surface area (Å²) in [5, 5.41) is 20.3. The largest absolute Gasteiger partial charge is 0.508 e. The number of esters is 1. The van der Waals surface area contributed by atoms with Crippen molar-refractivity contribution in [1.29, 1.82) is 0 Å². The fraction of sp³-hybridized carbons (Fsp3) is 0.500. The molecule has 212 valence electrons. The minimum atomic E-state index is -1.08. The van der Waals surface area contributed by atoms with E-state index < -0.39 is 60.4 Å². The molecule has 1 aromatic carbocycles. The molecule has 0 aliphatic carbocycles. The van der Waals surface area contributed by atoms with Gasteiger partial charge in [0.2, 0.25) is 23.6 Å². The first-order valence-corrected chi connectivity index (χ1v) is 15.2. The van der Waals surface area contributed by atoms with Crippen LogP contribution in [0.15, 0.2) is 36.4 Å². The summed E-state index contributed by atoms with van der Waals surface area (Å²) >= 11 is 0. The number of phenolic OH excluding ortho intramolecular Hbond substituents is 1. The Morgan fingerprint density at radius 1 is 0.974 bits per heavy atom. The summed E-state index contributed by atoms with van der Waals surface area (Å²) in [4.78, 5) is 65.2. The number of hydrogen-bond donors (Lipinski definition) is 5. The number of nitrogens with one attached hydrogen (secondary N) is 4. The van der Waals surface area contributed by atoms with Gasteiger partial charge in [0.15, 0.2) is 0 Å². The lowest BCUT2D eigenvalue weighted by molar-refractivity contribution is -0.148. The molecule has 13 heteroatoms. The topological polar surface area (TPSA) is 163 Å². The van der Waals surface area contributed by atoms with Crippen LogP contribution in [0.5, 0.6) is 5.75 Å². The van der Waals surface area contributed by atoms with E-state index >= 15 is 0 Å². The van der Waals surface area contributed by atoms with Crippen LogP contribution >= 0.6 is 21.6 Å². The van der Waals surface area contributed by atoms with Crippen LogP contribution in [0, 0.1) is 5.92 Å². The summed E-state index contributed by atoms with van der Waals surface area (Å²) in [6.07, 6.45) is 3.07. The standard InChI is InChI=1S/C26H34N4O7S2/c1-15(2)23-26(36)29-20-14-39-38-10-4-3-5-18(12-21(32)30-23)37-22(33)13-27-24(34)19(28-25(20)35)11-16-6-8-17(31)9-7-16/h3,5-9,15,18-20,23,31H,4,10-14H2,1-2H3,(H,27,34)(H,28,35)(H,29,36)(H,30,32)/b5-3+/t18-,19?,20?,23-/m1/s1. The molecule has 11 nitrogen and oxygen atoms in total. The molecule has 0 aromatic heterocycles. The first-order chi connectivity index (χ1) is 18.6. The molecular formula is C26H34N4O7S2. The highest BCUT2D eigenvalue weighted by molar-refractivity contribution is 8.76. The maximum atomic E-state index is 13.4. The summed E-state index contributed by atoms with van der Waals surface area (Å²) in [7, 11) is 2.92. The fourth-order valence-corrected chi connectivity index (χ4v) is 6.08. The Hall–Kier alpha value is -3.19. The molecule has 3 rings (SSSR count). The summed E-state index contributed by atoms with van der Waals surface area (Å²) < 4.78 is 5.47. The van der Waals surface area contributed by atoms with Crippen molar-refractivity contribution in [2.45, 2.75) is 57.3 Å². The van der Waals surface area contributed by atoms with Crippen molar-refractivity contribution in [3.05, 3.63) is 42.0 Å². The number of fused-ring (bicyclic) bond motifs is 7. The lowest BCUT2D eigenvalue weighted by atomic mass is 10.0. The zero-order valence-corrected chi connectivity index (χ0v) is 23.4. The number of phenols is 1. The van der Waals surface area contributed by atoms with E-state index in [0.29, 0.717) is 17.7 Å². The van der Waals surface area contributed by atoms with Crippen LogP contribution in [0.2, 0.25) is 0 Å². The van der Waals surface area contributed by atoms with Gasteiger partial charge >= 0.3 is 5.97 Å². The monoisotopic (exact) mass is 578 g/mol. The van der Waals surface area contributed by atoms with E-state index in [1.54, 1.807) is 32.1 Å². The summed E-state index contributed by atoms with van der Waals surface area (Å²) in [6.45, 7) is 3.07. The van der Waals surface area contributed by atoms with Crippen molar-refractivity contribution in [1.82, 2.24) is 21.3 Å². The molecule has 0 spiro atoms. The Balaban J connectivity index is 1.96. The number of carbonyl (C=O) groups is 5. The van der Waals surface area contributed by atoms with Gasteiger partial charge in [-0.3, -0.25) is 24.0 Å². The Labute approximate surface area is 235 Å². The van der Waals surface area contributed by atoms with Crippen LogP contribution in [0.3, 0.4) is 0 Å². The van der Waals surface area contributed by atoms with Gasteiger partial charge in [-0.2, -0.15) is 0 Å². The van der Waals surface area contributed by atoms with Gasteiger partial charge in [0.05, 0.1) is 6.42 Å². The van der Waals surface area contributed by atoms with Crippen LogP contribution in [0.1, 0.15) is 32.3 Å². The molecular weight excluding hydrogens is 544 g/mol. The molecule has 0 radical (unpaired) electrons. The van der Waals surface area contributed by atoms with Crippen molar-refractivity contribution in [2.75, 3.05) is 18.1 Å². The van der Waals surface area contributed by atoms with Gasteiger partial charge in [-0.1, -0.05) is 53.6 Å². The van der Waals surface area contributed by atoms with Crippen LogP contribution in [0.4, 0.5) is 0 Å². The average molecular weight is 579 g/mol. The fourth-order valence-electron chi connectivity index (χ4n) is 3.92. The van der Waals surface area contributed by atoms with Gasteiger partial charge in [0.1, 0.15) is 36.5 Å². The van der Waals surface area contributed by atoms with E-state index in [1.165, 1.54) is 33.7 Å². The third-order valence-corrected chi connectivity index (χ3v) is 8.47. The quantitative estimate of drug-likeness (QED) is 0.199. The van der Waals surface area contributed by atoms with Gasteiger partial charge in [-0.05, 0) is 36.1 Å². The first-order valence-electron chi connectivity index (χ1n) is 12.7. The highest BCUT2D eigenvalue weighted by Gasteiger charge is 2.32. The summed E-state index contributed by atoms with van der Waals surface area (Å²) in [5.74, 6) is -2.30. The van der Waals surface area contributed by atoms with Crippen molar-refractivity contribution < 1.29 is 33.8 Å². The van der Waals surface area contributed by atoms with E-state index in [2.05, 4.69) is 21.3 Å². The summed E-state index contributed by atoms with van der Waals surface area (Å²) in [6, 6.07) is 3.18. The molecule has 2 aliphatic heterocycles. The second kappa shape index (κ2) is 14.8. The smallest absolute Gasteiger partial charge is 0.326 e. The zero-order valence-electron chi connectivity index (χ0n) is 21.8. The van der Waals surface area contributed by atoms with Crippen molar-refractivity contribution in [3.63, 3.8) is 0 Å². The SMILES string of the molecule is CC(C)[C@H]1NC(=O)C[C@H]2/C=C/CCSSCC(NC1=O)C(=O)NC(Cc1ccc(O)cc1)C(=O)NCC(=O)O2. The Morgan fingerprint density at radius 2 is 1.72 bits per heavy atom. The third kappa shape index (κ3) is 9.81. The van der Waals surface area contributed by atoms with E-state index in [4.69, 9.17) is 4.74 Å². The van der Waals surface area contributed by atoms with Crippen molar-refractivity contribution in [2.24, 2.45) is 5.92 Å². The van der Waals surface area contributed by atoms with Gasteiger partial charge in [0, 0.05) is 17.9 Å². The van der Waals surface area contributed by atoms with Gasteiger partial charge < -0.3 is 31.1 Å². The molecule has 39 heavy (non-hydrogen) atoms. The highest BCUT2D eigenvalue weighted by atomic mass is 33.1. The average Bonchev–Trinajstić information content (AvgIpc) is 2.88. The number of carbonyl (C=O) groups excluding carboxylic acids is 5. The lowest BCUT2D eigenvalue weighted by Gasteiger charge is -2.27. The maximum absolute atomic E-state index is 13.4. The van der Waals surface area contributed by atoms with Crippen LogP contribution in [-0.4, -0.2) is 77.0 Å². The van der Waals surface area contributed by atoms with Crippen LogP contribution in [-0.2, 0) is 35.1 Å². The van der Waals surface area contributed by atoms with Crippen LogP contribution in [0.25, 0.3) is 0 Å². The normalized spacial score (nSPS) is 26.9. The molecule has 5 N–H and O–H groups in total. The van der Waals surface area contributed by atoms with Gasteiger partial charge in [-0.25, -0.2) is 0 Å². The molecule has 1 saturated heterocycles. The minimum Gasteiger partial charge on any atom is -0.508 e. The maximum Gasteiger partial charge on any atom is 0.326 e. The predicted octanol–water partition coefficient (Wildman–Crippen LogP) is 0.818. The van der Waals surface area contributed by atoms with Crippen molar-refractivity contribution in [3.8, 4) is 5.75 Å². The Morgan fingerprint density at radius 3 is 2.44 bits per heavy atom. The Kier molecular flexibility index (Phi) is 11.5. The molecule has 2 heterocycles. The predicted molar refractivity (Wildman–Crippen MR) is 149 cm³/mol. The molecule has 4 amide bonds. The molecule has 0 saturated carbocycles. The third-order valence-electron chi connectivity index (χ3n) is 6.02. The lowest BCUT2D eigenvalue weighted by Crippen LogP contribution is -2.59. The molecule has 4 atom stereocenters. The molecule has 1 fully saturated rings. The van der Waals surface area contributed by atoms with E-state index in [9.17, 15) is 29.1 Å². The van der Waals surface area contributed by atoms with Crippen molar-refractivity contribution >= 4 is 51.2 Å². The number of benzene rings is 1. The minimum absolute atomic E-state index is 0.0537. The number of ether oxygens (including phenoxy) is 1. The van der Waals surface area contributed by atoms with Crippen LogP contribution < -0.4 is 21.3 Å². The number of amides is 4. The summed E-state index contributed by atoms with van der Waals surface area (Å²) in [5.41, 5.74) is 0.662. The number of allylic oxidation sites excluding steroid dienone is 1.